The van der Waals surface area contributed by atoms with Gasteiger partial charge in [-0.25, -0.2) is 15.0 Å². The second-order valence-electron chi connectivity index (χ2n) is 8.46. The van der Waals surface area contributed by atoms with Gasteiger partial charge in [0, 0.05) is 35.6 Å². The molecule has 0 atom stereocenters. The van der Waals surface area contributed by atoms with Gasteiger partial charge in [0.25, 0.3) is 0 Å². The number of pyridine rings is 1. The first-order chi connectivity index (χ1) is 16.4. The molecule has 4 aromatic heterocycles. The van der Waals surface area contributed by atoms with E-state index >= 15 is 0 Å². The van der Waals surface area contributed by atoms with Crippen LogP contribution in [0.25, 0.3) is 22.1 Å². The summed E-state index contributed by atoms with van der Waals surface area (Å²) in [5, 5.41) is 3.52. The minimum atomic E-state index is -0.237. The molecule has 1 N–H and O–H groups in total. The highest BCUT2D eigenvalue weighted by Gasteiger charge is 2.20. The number of carbonyl (C=O) groups excluding carboxylic acids is 2. The van der Waals surface area contributed by atoms with Crippen LogP contribution in [0.3, 0.4) is 0 Å². The van der Waals surface area contributed by atoms with Crippen LogP contribution in [0.15, 0.2) is 61.7 Å². The average Bonchev–Trinajstić information content (AvgIpc) is 3.41. The third kappa shape index (κ3) is 3.81. The predicted molar refractivity (Wildman–Crippen MR) is 129 cm³/mol. The van der Waals surface area contributed by atoms with E-state index in [1.165, 1.54) is 18.7 Å². The summed E-state index contributed by atoms with van der Waals surface area (Å²) in [5.74, 6) is -0.446. The van der Waals surface area contributed by atoms with Crippen LogP contribution in [0.5, 0.6) is 0 Å². The zero-order valence-corrected chi connectivity index (χ0v) is 19.1. The van der Waals surface area contributed by atoms with Crippen molar-refractivity contribution in [2.24, 2.45) is 0 Å². The number of hydrogen-bond donors (Lipinski definition) is 1. The summed E-state index contributed by atoms with van der Waals surface area (Å²) in [5.41, 5.74) is 4.81. The first kappa shape index (κ1) is 21.4. The molecule has 1 amide bonds. The fourth-order valence-electron chi connectivity index (χ4n) is 4.14. The number of nitrogens with one attached hydrogen (secondary N) is 1. The van der Waals surface area contributed by atoms with E-state index in [0.717, 1.165) is 16.6 Å². The van der Waals surface area contributed by atoms with E-state index in [9.17, 15) is 9.59 Å². The lowest BCUT2D eigenvalue weighted by molar-refractivity contribution is -0.116. The van der Waals surface area contributed by atoms with Crippen molar-refractivity contribution < 1.29 is 9.59 Å². The van der Waals surface area contributed by atoms with E-state index in [1.54, 1.807) is 24.8 Å². The maximum atomic E-state index is 13.3. The summed E-state index contributed by atoms with van der Waals surface area (Å²) in [7, 11) is 0. The Kier molecular flexibility index (Phi) is 5.37. The molecule has 0 aliphatic carbocycles. The van der Waals surface area contributed by atoms with Crippen molar-refractivity contribution in [3.63, 3.8) is 0 Å². The number of para-hydroxylation sites is 1. The normalized spacial score (nSPS) is 11.4. The molecule has 0 bridgehead atoms. The Labute approximate surface area is 195 Å². The molecule has 9 nitrogen and oxygen atoms in total. The minimum Gasteiger partial charge on any atom is -0.329 e. The predicted octanol–water partition coefficient (Wildman–Crippen LogP) is 3.94. The summed E-state index contributed by atoms with van der Waals surface area (Å²) in [4.78, 5) is 43.0. The van der Waals surface area contributed by atoms with Crippen LogP contribution in [-0.4, -0.2) is 40.8 Å². The number of hydrogen-bond acceptors (Lipinski definition) is 6. The maximum absolute atomic E-state index is 13.3. The van der Waals surface area contributed by atoms with E-state index < -0.39 is 0 Å². The van der Waals surface area contributed by atoms with Crippen molar-refractivity contribution in [1.29, 1.82) is 0 Å². The third-order valence-electron chi connectivity index (χ3n) is 5.73. The van der Waals surface area contributed by atoms with Gasteiger partial charge in [-0.15, -0.1) is 0 Å². The number of aryl methyl sites for hydroxylation is 1. The zero-order chi connectivity index (χ0) is 23.8. The van der Waals surface area contributed by atoms with Gasteiger partial charge in [-0.1, -0.05) is 12.1 Å². The van der Waals surface area contributed by atoms with Crippen molar-refractivity contribution in [3.05, 3.63) is 78.4 Å². The molecule has 0 fully saturated rings. The number of amides is 1. The van der Waals surface area contributed by atoms with Crippen molar-refractivity contribution in [3.8, 4) is 0 Å². The number of fused-ring (bicyclic) bond motifs is 2. The smallest absolute Gasteiger partial charge is 0.244 e. The lowest BCUT2D eigenvalue weighted by Gasteiger charge is -2.09. The van der Waals surface area contributed by atoms with Gasteiger partial charge in [-0.05, 0) is 38.5 Å². The molecule has 4 heterocycles. The molecule has 170 valence electrons. The van der Waals surface area contributed by atoms with Crippen LogP contribution in [0, 0.1) is 6.92 Å². The third-order valence-corrected chi connectivity index (χ3v) is 5.73. The largest absolute Gasteiger partial charge is 0.329 e. The molecule has 0 saturated heterocycles. The van der Waals surface area contributed by atoms with E-state index in [-0.39, 0.29) is 24.3 Å². The first-order valence-electron chi connectivity index (χ1n) is 10.9. The number of aromatic nitrogens is 6. The Morgan fingerprint density at radius 1 is 1.09 bits per heavy atom. The van der Waals surface area contributed by atoms with Gasteiger partial charge < -0.3 is 14.5 Å². The molecule has 0 aliphatic rings. The molecule has 1 aromatic carbocycles. The number of benzene rings is 1. The molecular weight excluding hydrogens is 430 g/mol. The molecule has 5 rings (SSSR count). The number of anilines is 1. The molecule has 0 aliphatic heterocycles. The Morgan fingerprint density at radius 2 is 1.94 bits per heavy atom. The first-order valence-corrected chi connectivity index (χ1v) is 10.9. The molecule has 9 heteroatoms. The highest BCUT2D eigenvalue weighted by atomic mass is 16.2. The quantitative estimate of drug-likeness (QED) is 0.390. The van der Waals surface area contributed by atoms with Crippen LogP contribution in [0.4, 0.5) is 5.69 Å². The van der Waals surface area contributed by atoms with Gasteiger partial charge >= 0.3 is 0 Å². The Morgan fingerprint density at radius 3 is 2.76 bits per heavy atom. The summed E-state index contributed by atoms with van der Waals surface area (Å²) in [6, 6.07) is 7.60. The van der Waals surface area contributed by atoms with Crippen LogP contribution in [-0.2, 0) is 11.3 Å². The summed E-state index contributed by atoms with van der Waals surface area (Å²) < 4.78 is 3.75. The van der Waals surface area contributed by atoms with E-state index in [4.69, 9.17) is 0 Å². The number of carbonyl (C=O) groups is 2. The van der Waals surface area contributed by atoms with Crippen molar-refractivity contribution >= 4 is 39.4 Å². The molecule has 34 heavy (non-hydrogen) atoms. The standard InChI is InChI=1S/C25H23N7O2/c1-15(2)32-11-20(19-10-27-13-28-25(19)32)24(34)17-7-18(9-26-8-17)30-22(33)12-31-14-29-21-6-4-5-16(3)23(21)31/h4-11,13-15H,12H2,1-3H3,(H,30,33). The van der Waals surface area contributed by atoms with Crippen LogP contribution in [0.1, 0.15) is 41.4 Å². The number of nitrogens with zero attached hydrogens (tertiary/aromatic N) is 6. The van der Waals surface area contributed by atoms with Gasteiger partial charge in [0.1, 0.15) is 18.5 Å². The van der Waals surface area contributed by atoms with Gasteiger partial charge in [0.05, 0.1) is 34.8 Å². The van der Waals surface area contributed by atoms with Crippen LogP contribution in [0.2, 0.25) is 0 Å². The van der Waals surface area contributed by atoms with Gasteiger partial charge in [-0.3, -0.25) is 14.6 Å². The van der Waals surface area contributed by atoms with Gasteiger partial charge in [0.15, 0.2) is 5.78 Å². The van der Waals surface area contributed by atoms with Gasteiger partial charge in [-0.2, -0.15) is 0 Å². The van der Waals surface area contributed by atoms with E-state index in [0.29, 0.717) is 27.8 Å². The number of imidazole rings is 1. The summed E-state index contributed by atoms with van der Waals surface area (Å²) in [6.07, 6.45) is 9.58. The van der Waals surface area contributed by atoms with Crippen molar-refractivity contribution in [2.75, 3.05) is 5.32 Å². The Balaban J connectivity index is 1.39. The summed E-state index contributed by atoms with van der Waals surface area (Å²) in [6.45, 7) is 6.13. The summed E-state index contributed by atoms with van der Waals surface area (Å²) >= 11 is 0. The van der Waals surface area contributed by atoms with Crippen LogP contribution < -0.4 is 5.32 Å². The fraction of sp³-hybridized carbons (Fsp3) is 0.200. The number of ketones is 1. The number of rotatable bonds is 6. The highest BCUT2D eigenvalue weighted by molar-refractivity contribution is 6.16. The fourth-order valence-corrected chi connectivity index (χ4v) is 4.14. The Hall–Kier alpha value is -4.40. The SMILES string of the molecule is Cc1cccc2ncn(CC(=O)Nc3cncc(C(=O)c4cn(C(C)C)c5ncncc45)c3)c12. The lowest BCUT2D eigenvalue weighted by Crippen LogP contribution is -2.19. The monoisotopic (exact) mass is 453 g/mol. The van der Waals surface area contributed by atoms with E-state index in [2.05, 4.69) is 25.3 Å². The average molecular weight is 454 g/mol. The topological polar surface area (TPSA) is 108 Å². The second kappa shape index (κ2) is 8.51. The van der Waals surface area contributed by atoms with Crippen molar-refractivity contribution in [1.82, 2.24) is 29.1 Å². The molecular formula is C25H23N7O2. The lowest BCUT2D eigenvalue weighted by atomic mass is 10.1. The molecule has 5 aromatic rings. The minimum absolute atomic E-state index is 0.0960. The maximum Gasteiger partial charge on any atom is 0.244 e. The molecule has 0 radical (unpaired) electrons. The zero-order valence-electron chi connectivity index (χ0n) is 19.1. The van der Waals surface area contributed by atoms with Crippen LogP contribution >= 0.6 is 0 Å². The molecule has 0 saturated carbocycles. The molecule has 0 spiro atoms. The molecule has 0 unspecified atom stereocenters. The van der Waals surface area contributed by atoms with Gasteiger partial charge in [0.2, 0.25) is 5.91 Å². The Bertz CT molecular complexity index is 1550. The van der Waals surface area contributed by atoms with E-state index in [1.807, 2.05) is 48.1 Å². The second-order valence-corrected chi connectivity index (χ2v) is 8.46. The highest BCUT2D eigenvalue weighted by Crippen LogP contribution is 2.25. The van der Waals surface area contributed by atoms with Crippen molar-refractivity contribution in [2.45, 2.75) is 33.4 Å².